The maximum Gasteiger partial charge on any atom is 0.306 e. The van der Waals surface area contributed by atoms with Gasteiger partial charge in [-0.2, -0.15) is 0 Å². The van der Waals surface area contributed by atoms with Crippen LogP contribution >= 0.6 is 0 Å². The summed E-state index contributed by atoms with van der Waals surface area (Å²) in [7, 11) is 0. The second kappa shape index (κ2) is 47.3. The highest BCUT2D eigenvalue weighted by molar-refractivity contribution is 5.71. The van der Waals surface area contributed by atoms with E-state index in [1.807, 2.05) is 0 Å². The molecule has 0 rings (SSSR count). The van der Waals surface area contributed by atoms with Gasteiger partial charge in [0.05, 0.1) is 0 Å². The summed E-state index contributed by atoms with van der Waals surface area (Å²) in [5.74, 6) is -0.884. The third-order valence-corrected chi connectivity index (χ3v) is 10.9. The van der Waals surface area contributed by atoms with Gasteiger partial charge in [-0.05, 0) is 57.8 Å². The normalized spacial score (nSPS) is 12.3. The van der Waals surface area contributed by atoms with Gasteiger partial charge in [0, 0.05) is 19.3 Å². The number of hydrogen-bond donors (Lipinski definition) is 0. The number of allylic oxidation sites excluding steroid dienone is 6. The fourth-order valence-corrected chi connectivity index (χ4v) is 7.10. The smallest absolute Gasteiger partial charge is 0.306 e. The van der Waals surface area contributed by atoms with E-state index >= 15 is 0 Å². The number of carbonyl (C=O) groups is 3. The minimum absolute atomic E-state index is 0.0733. The number of unbranched alkanes of at least 4 members (excludes halogenated alkanes) is 28. The lowest BCUT2D eigenvalue weighted by Crippen LogP contribution is -2.30. The number of hydrogen-bond acceptors (Lipinski definition) is 6. The molecule has 0 aliphatic rings. The van der Waals surface area contributed by atoms with Crippen molar-refractivity contribution in [3.63, 3.8) is 0 Å². The van der Waals surface area contributed by atoms with Gasteiger partial charge in [-0.25, -0.2) is 0 Å². The summed E-state index contributed by atoms with van der Waals surface area (Å²) in [6, 6.07) is 0. The highest BCUT2D eigenvalue weighted by Crippen LogP contribution is 2.15. The number of esters is 3. The molecule has 0 aromatic heterocycles. The molecule has 6 heteroatoms. The Morgan fingerprint density at radius 2 is 0.621 bits per heavy atom. The van der Waals surface area contributed by atoms with Crippen molar-refractivity contribution in [2.75, 3.05) is 13.2 Å². The van der Waals surface area contributed by atoms with Crippen molar-refractivity contribution in [1.29, 1.82) is 0 Å². The first-order valence-electron chi connectivity index (χ1n) is 25.0. The summed E-state index contributed by atoms with van der Waals surface area (Å²) >= 11 is 0. The van der Waals surface area contributed by atoms with Crippen LogP contribution in [0.15, 0.2) is 36.5 Å². The minimum Gasteiger partial charge on any atom is -0.462 e. The Balaban J connectivity index is 4.25. The second-order valence-corrected chi connectivity index (χ2v) is 16.7. The van der Waals surface area contributed by atoms with Gasteiger partial charge in [0.2, 0.25) is 0 Å². The van der Waals surface area contributed by atoms with Crippen molar-refractivity contribution in [2.45, 2.75) is 264 Å². The van der Waals surface area contributed by atoms with Gasteiger partial charge in [0.1, 0.15) is 13.2 Å². The molecular weight excluding hydrogens is 721 g/mol. The van der Waals surface area contributed by atoms with E-state index in [1.165, 1.54) is 141 Å². The Hall–Kier alpha value is -2.37. The lowest BCUT2D eigenvalue weighted by Gasteiger charge is -2.18. The van der Waals surface area contributed by atoms with Crippen LogP contribution in [0, 0.1) is 0 Å². The first-order chi connectivity index (χ1) is 28.5. The summed E-state index contributed by atoms with van der Waals surface area (Å²) in [5, 5.41) is 0. The number of carbonyl (C=O) groups excluding carboxylic acids is 3. The molecule has 0 saturated carbocycles. The first-order valence-corrected chi connectivity index (χ1v) is 25.0. The van der Waals surface area contributed by atoms with Crippen molar-refractivity contribution in [3.05, 3.63) is 36.5 Å². The van der Waals surface area contributed by atoms with E-state index in [0.717, 1.165) is 77.0 Å². The Morgan fingerprint density at radius 3 is 0.966 bits per heavy atom. The molecule has 0 saturated heterocycles. The minimum atomic E-state index is -0.770. The van der Waals surface area contributed by atoms with Crippen LogP contribution in [0.4, 0.5) is 0 Å². The Labute approximate surface area is 359 Å². The van der Waals surface area contributed by atoms with Gasteiger partial charge < -0.3 is 14.2 Å². The average Bonchev–Trinajstić information content (AvgIpc) is 3.22. The van der Waals surface area contributed by atoms with E-state index in [2.05, 4.69) is 57.2 Å². The monoisotopic (exact) mass is 815 g/mol. The van der Waals surface area contributed by atoms with Crippen LogP contribution in [0.3, 0.4) is 0 Å². The first kappa shape index (κ1) is 55.6. The molecule has 0 bridgehead atoms. The van der Waals surface area contributed by atoms with Crippen molar-refractivity contribution in [2.24, 2.45) is 0 Å². The molecule has 338 valence electrons. The van der Waals surface area contributed by atoms with E-state index in [9.17, 15) is 14.4 Å². The molecule has 0 radical (unpaired) electrons. The Bertz CT molecular complexity index is 984. The molecule has 0 fully saturated rings. The molecule has 0 aromatic rings. The van der Waals surface area contributed by atoms with Crippen LogP contribution in [0.25, 0.3) is 0 Å². The van der Waals surface area contributed by atoms with Crippen molar-refractivity contribution < 1.29 is 28.6 Å². The average molecular weight is 815 g/mol. The van der Waals surface area contributed by atoms with E-state index < -0.39 is 6.10 Å². The van der Waals surface area contributed by atoms with Crippen LogP contribution in [0.5, 0.6) is 0 Å². The number of rotatable bonds is 45. The van der Waals surface area contributed by atoms with Crippen LogP contribution in [0.2, 0.25) is 0 Å². The Kier molecular flexibility index (Phi) is 45.4. The summed E-state index contributed by atoms with van der Waals surface area (Å²) in [6.45, 7) is 6.59. The van der Waals surface area contributed by atoms with Gasteiger partial charge in [-0.1, -0.05) is 218 Å². The van der Waals surface area contributed by atoms with Crippen molar-refractivity contribution >= 4 is 17.9 Å². The SMILES string of the molecule is CCCCCCC/C=C\C/C=C\C/C=C\CCCCCCCCC(=O)OCC(COC(=O)CCCCCCCCCCC)OC(=O)CCCCCCCCCCCC. The highest BCUT2D eigenvalue weighted by atomic mass is 16.6. The third kappa shape index (κ3) is 44.7. The molecule has 6 nitrogen and oxygen atoms in total. The van der Waals surface area contributed by atoms with Crippen molar-refractivity contribution in [3.8, 4) is 0 Å². The Morgan fingerprint density at radius 1 is 0.345 bits per heavy atom. The van der Waals surface area contributed by atoms with Crippen LogP contribution in [-0.4, -0.2) is 37.2 Å². The van der Waals surface area contributed by atoms with Gasteiger partial charge in [-0.3, -0.25) is 14.4 Å². The maximum absolute atomic E-state index is 12.7. The third-order valence-electron chi connectivity index (χ3n) is 10.9. The molecule has 0 N–H and O–H groups in total. The predicted molar refractivity (Wildman–Crippen MR) is 247 cm³/mol. The molecule has 0 aromatic carbocycles. The van der Waals surface area contributed by atoms with E-state index in [1.54, 1.807) is 0 Å². The molecule has 0 spiro atoms. The van der Waals surface area contributed by atoms with E-state index in [0.29, 0.717) is 19.3 Å². The zero-order valence-corrected chi connectivity index (χ0v) is 38.6. The highest BCUT2D eigenvalue weighted by Gasteiger charge is 2.19. The largest absolute Gasteiger partial charge is 0.462 e. The molecule has 0 aliphatic carbocycles. The second-order valence-electron chi connectivity index (χ2n) is 16.7. The van der Waals surface area contributed by atoms with Gasteiger partial charge >= 0.3 is 17.9 Å². The fraction of sp³-hybridized carbons (Fsp3) is 0.827. The van der Waals surface area contributed by atoms with Crippen LogP contribution in [0.1, 0.15) is 258 Å². The quantitative estimate of drug-likeness (QED) is 0.0264. The van der Waals surface area contributed by atoms with Gasteiger partial charge in [0.15, 0.2) is 6.10 Å². The topological polar surface area (TPSA) is 78.9 Å². The molecule has 1 unspecified atom stereocenters. The molecular formula is C52H94O6. The molecule has 1 atom stereocenters. The molecule has 0 aliphatic heterocycles. The molecule has 0 heterocycles. The molecule has 58 heavy (non-hydrogen) atoms. The summed E-state index contributed by atoms with van der Waals surface area (Å²) in [6.07, 6.45) is 54.2. The van der Waals surface area contributed by atoms with E-state index in [4.69, 9.17) is 14.2 Å². The van der Waals surface area contributed by atoms with Crippen LogP contribution in [-0.2, 0) is 28.6 Å². The van der Waals surface area contributed by atoms with Gasteiger partial charge in [0.25, 0.3) is 0 Å². The summed E-state index contributed by atoms with van der Waals surface area (Å²) in [4.78, 5) is 37.7. The van der Waals surface area contributed by atoms with Crippen LogP contribution < -0.4 is 0 Å². The lowest BCUT2D eigenvalue weighted by molar-refractivity contribution is -0.167. The number of ether oxygens (including phenoxy) is 3. The summed E-state index contributed by atoms with van der Waals surface area (Å²) < 4.78 is 16.7. The standard InChI is InChI=1S/C52H94O6/c1-4-7-10-13-16-19-21-22-23-24-25-26-27-28-29-30-31-34-36-39-42-45-51(54)57-48-49(47-56-50(53)44-41-38-35-32-18-15-12-9-6-3)58-52(55)46-43-40-37-33-20-17-14-11-8-5-2/h21-22,24-25,27-28,49H,4-20,23,26,29-48H2,1-3H3/b22-21-,25-24-,28-27-. The fourth-order valence-electron chi connectivity index (χ4n) is 7.10. The summed E-state index contributed by atoms with van der Waals surface area (Å²) in [5.41, 5.74) is 0. The van der Waals surface area contributed by atoms with Crippen molar-refractivity contribution in [1.82, 2.24) is 0 Å². The lowest BCUT2D eigenvalue weighted by atomic mass is 10.1. The zero-order chi connectivity index (χ0) is 42.3. The predicted octanol–water partition coefficient (Wildman–Crippen LogP) is 16.1. The molecule has 0 amide bonds. The van der Waals surface area contributed by atoms with E-state index in [-0.39, 0.29) is 31.1 Å². The van der Waals surface area contributed by atoms with Gasteiger partial charge in [-0.15, -0.1) is 0 Å². The maximum atomic E-state index is 12.7. The zero-order valence-electron chi connectivity index (χ0n) is 38.6.